The normalized spacial score (nSPS) is 23.3. The van der Waals surface area contributed by atoms with Gasteiger partial charge in [-0.05, 0) is 6.07 Å². The number of rotatable bonds is 1. The van der Waals surface area contributed by atoms with Gasteiger partial charge in [-0.1, -0.05) is 5.16 Å². The molecule has 0 aromatic carbocycles. The zero-order chi connectivity index (χ0) is 15.8. The van der Waals surface area contributed by atoms with Crippen molar-refractivity contribution in [3.8, 4) is 5.75 Å². The number of piperidine rings is 1. The Balaban J connectivity index is 1.75. The van der Waals surface area contributed by atoms with Gasteiger partial charge in [0.15, 0.2) is 0 Å². The van der Waals surface area contributed by atoms with Crippen LogP contribution in [0.5, 0.6) is 5.75 Å². The molecule has 0 bridgehead atoms. The van der Waals surface area contributed by atoms with E-state index in [2.05, 4.69) is 10.1 Å². The second kappa shape index (κ2) is 5.42. The van der Waals surface area contributed by atoms with Gasteiger partial charge in [0, 0.05) is 44.1 Å². The maximum atomic E-state index is 12.5. The molecule has 22 heavy (non-hydrogen) atoms. The lowest BCUT2D eigenvalue weighted by atomic mass is 9.82. The summed E-state index contributed by atoms with van der Waals surface area (Å²) in [5, 5.41) is 12.5. The van der Waals surface area contributed by atoms with Gasteiger partial charge in [-0.15, -0.1) is 0 Å². The molecule has 8 heteroatoms. The molecule has 0 aliphatic carbocycles. The van der Waals surface area contributed by atoms with Gasteiger partial charge in [0.25, 0.3) is 0 Å². The van der Waals surface area contributed by atoms with E-state index in [9.17, 15) is 18.4 Å². The van der Waals surface area contributed by atoms with Crippen LogP contribution < -0.4 is 4.74 Å². The number of hydrogen-bond donors (Lipinski definition) is 1. The van der Waals surface area contributed by atoms with Gasteiger partial charge in [0.05, 0.1) is 18.5 Å². The predicted octanol–water partition coefficient (Wildman–Crippen LogP) is 2.44. The van der Waals surface area contributed by atoms with Crippen molar-refractivity contribution in [3.63, 3.8) is 0 Å². The summed E-state index contributed by atoms with van der Waals surface area (Å²) in [5.74, 6) is 0.519. The summed E-state index contributed by atoms with van der Waals surface area (Å²) in [7, 11) is 0. The molecule has 0 saturated carbocycles. The minimum atomic E-state index is -4.19. The second-order valence-corrected chi connectivity index (χ2v) is 5.77. The van der Waals surface area contributed by atoms with Gasteiger partial charge in [-0.25, -0.2) is 0 Å². The van der Waals surface area contributed by atoms with Gasteiger partial charge in [0.1, 0.15) is 11.4 Å². The van der Waals surface area contributed by atoms with Crippen LogP contribution in [0, 0.1) is 0 Å². The fourth-order valence-electron chi connectivity index (χ4n) is 3.11. The number of likely N-dealkylation sites (tertiary alicyclic amines) is 1. The Morgan fingerprint density at radius 3 is 2.73 bits per heavy atom. The molecule has 0 amide bonds. The number of oxime groups is 1. The minimum absolute atomic E-state index is 0.299. The fourth-order valence-corrected chi connectivity index (χ4v) is 3.11. The van der Waals surface area contributed by atoms with Crippen molar-refractivity contribution in [2.45, 2.75) is 31.0 Å². The van der Waals surface area contributed by atoms with Crippen LogP contribution in [0.15, 0.2) is 23.6 Å². The topological polar surface area (TPSA) is 58.0 Å². The number of fused-ring (bicyclic) bond motifs is 1. The highest BCUT2D eigenvalue weighted by molar-refractivity contribution is 6.03. The number of nitrogens with zero attached hydrogens (tertiary/aromatic N) is 3. The molecule has 3 rings (SSSR count). The molecule has 2 aliphatic rings. The third-order valence-corrected chi connectivity index (χ3v) is 4.20. The van der Waals surface area contributed by atoms with Crippen LogP contribution in [0.2, 0.25) is 0 Å². The number of alkyl halides is 3. The summed E-state index contributed by atoms with van der Waals surface area (Å²) in [6.07, 6.45) is 0.236. The van der Waals surface area contributed by atoms with Gasteiger partial charge >= 0.3 is 6.18 Å². The molecule has 1 N–H and O–H groups in total. The average molecular weight is 315 g/mol. The van der Waals surface area contributed by atoms with E-state index in [0.717, 1.165) is 0 Å². The largest absolute Gasteiger partial charge is 0.484 e. The van der Waals surface area contributed by atoms with Crippen LogP contribution in [-0.2, 0) is 0 Å². The molecule has 1 spiro atoms. The molecule has 0 radical (unpaired) electrons. The van der Waals surface area contributed by atoms with Crippen molar-refractivity contribution in [2.24, 2.45) is 5.16 Å². The summed E-state index contributed by atoms with van der Waals surface area (Å²) in [6, 6.07) is 1.70. The number of halogens is 3. The molecule has 0 atom stereocenters. The summed E-state index contributed by atoms with van der Waals surface area (Å²) in [6.45, 7) is -0.302. The standard InChI is InChI=1S/C14H16F3N3O2/c15-14(16,17)9-20-5-2-13(3-6-20)7-11(19-21)10-1-4-18-8-12(10)22-13/h1,4,8,21H,2-3,5-7,9H2/b19-11+. The van der Waals surface area contributed by atoms with Crippen molar-refractivity contribution in [3.05, 3.63) is 24.0 Å². The monoisotopic (exact) mass is 315 g/mol. The third-order valence-electron chi connectivity index (χ3n) is 4.20. The van der Waals surface area contributed by atoms with Crippen molar-refractivity contribution in [1.82, 2.24) is 9.88 Å². The number of aromatic nitrogens is 1. The third kappa shape index (κ3) is 3.01. The molecule has 1 aromatic rings. The number of pyridine rings is 1. The van der Waals surface area contributed by atoms with Crippen LogP contribution in [0.3, 0.4) is 0 Å². The van der Waals surface area contributed by atoms with E-state index >= 15 is 0 Å². The second-order valence-electron chi connectivity index (χ2n) is 5.77. The quantitative estimate of drug-likeness (QED) is 0.639. The van der Waals surface area contributed by atoms with Gasteiger partial charge in [0.2, 0.25) is 0 Å². The molecular formula is C14H16F3N3O2. The van der Waals surface area contributed by atoms with Crippen LogP contribution >= 0.6 is 0 Å². The first kappa shape index (κ1) is 15.1. The molecule has 3 heterocycles. The highest BCUT2D eigenvalue weighted by Crippen LogP contribution is 2.39. The first-order valence-corrected chi connectivity index (χ1v) is 7.04. The van der Waals surface area contributed by atoms with E-state index < -0.39 is 18.3 Å². The SMILES string of the molecule is O/N=C1\CC2(CCN(CC(F)(F)F)CC2)Oc2cnccc21. The molecular weight excluding hydrogens is 299 g/mol. The van der Waals surface area contributed by atoms with Crippen LogP contribution in [-0.4, -0.2) is 52.2 Å². The summed E-state index contributed by atoms with van der Waals surface area (Å²) >= 11 is 0. The maximum Gasteiger partial charge on any atom is 0.401 e. The van der Waals surface area contributed by atoms with Crippen molar-refractivity contribution in [2.75, 3.05) is 19.6 Å². The minimum Gasteiger partial charge on any atom is -0.484 e. The fraction of sp³-hybridized carbons (Fsp3) is 0.571. The number of ether oxygens (including phenoxy) is 1. The molecule has 120 valence electrons. The van der Waals surface area contributed by atoms with E-state index in [4.69, 9.17) is 4.74 Å². The maximum absolute atomic E-state index is 12.5. The molecule has 1 aromatic heterocycles. The van der Waals surface area contributed by atoms with Crippen LogP contribution in [0.1, 0.15) is 24.8 Å². The molecule has 0 unspecified atom stereocenters. The Kier molecular flexibility index (Phi) is 3.72. The Bertz CT molecular complexity index is 581. The zero-order valence-electron chi connectivity index (χ0n) is 11.8. The van der Waals surface area contributed by atoms with E-state index in [1.54, 1.807) is 18.5 Å². The molecule has 1 saturated heterocycles. The smallest absolute Gasteiger partial charge is 0.401 e. The van der Waals surface area contributed by atoms with Crippen molar-refractivity contribution < 1.29 is 23.1 Å². The Morgan fingerprint density at radius 2 is 2.09 bits per heavy atom. The molecule has 2 aliphatic heterocycles. The van der Waals surface area contributed by atoms with Crippen LogP contribution in [0.4, 0.5) is 13.2 Å². The first-order chi connectivity index (χ1) is 10.4. The van der Waals surface area contributed by atoms with Gasteiger partial charge in [-0.2, -0.15) is 13.2 Å². The highest BCUT2D eigenvalue weighted by Gasteiger charge is 2.44. The average Bonchev–Trinajstić information content (AvgIpc) is 2.48. The predicted molar refractivity (Wildman–Crippen MR) is 72.3 cm³/mol. The van der Waals surface area contributed by atoms with Gasteiger partial charge < -0.3 is 9.94 Å². The van der Waals surface area contributed by atoms with Crippen molar-refractivity contribution >= 4 is 5.71 Å². The van der Waals surface area contributed by atoms with E-state index in [1.165, 1.54) is 4.90 Å². The Labute approximate surface area is 125 Å². The lowest BCUT2D eigenvalue weighted by Crippen LogP contribution is -2.52. The Hall–Kier alpha value is -1.83. The highest BCUT2D eigenvalue weighted by atomic mass is 19.4. The summed E-state index contributed by atoms with van der Waals surface area (Å²) in [5.41, 5.74) is 0.563. The first-order valence-electron chi connectivity index (χ1n) is 7.04. The van der Waals surface area contributed by atoms with Gasteiger partial charge in [-0.3, -0.25) is 9.88 Å². The van der Waals surface area contributed by atoms with Crippen LogP contribution in [0.25, 0.3) is 0 Å². The molecule has 1 fully saturated rings. The lowest BCUT2D eigenvalue weighted by molar-refractivity contribution is -0.152. The van der Waals surface area contributed by atoms with Crippen molar-refractivity contribution in [1.29, 1.82) is 0 Å². The number of hydrogen-bond acceptors (Lipinski definition) is 5. The van der Waals surface area contributed by atoms with E-state index in [0.29, 0.717) is 49.4 Å². The summed E-state index contributed by atoms with van der Waals surface area (Å²) < 4.78 is 43.4. The van der Waals surface area contributed by atoms with E-state index in [-0.39, 0.29) is 0 Å². The zero-order valence-corrected chi connectivity index (χ0v) is 11.8. The Morgan fingerprint density at radius 1 is 1.36 bits per heavy atom. The van der Waals surface area contributed by atoms with E-state index in [1.807, 2.05) is 0 Å². The lowest BCUT2D eigenvalue weighted by Gasteiger charge is -2.44. The summed E-state index contributed by atoms with van der Waals surface area (Å²) in [4.78, 5) is 5.37. The molecule has 5 nitrogen and oxygen atoms in total.